The number of thioether (sulfide) groups is 1. The number of sulfonamides is 1. The first-order chi connectivity index (χ1) is 20.8. The Bertz CT molecular complexity index is 1500. The summed E-state index contributed by atoms with van der Waals surface area (Å²) in [7, 11) is -2.63. The molecule has 1 unspecified atom stereocenters. The first-order valence-corrected chi connectivity index (χ1v) is 17.1. The number of nitrogens with zero attached hydrogens (tertiary/aromatic N) is 2. The molecule has 0 aliphatic heterocycles. The van der Waals surface area contributed by atoms with Gasteiger partial charge in [-0.05, 0) is 107 Å². The summed E-state index contributed by atoms with van der Waals surface area (Å²) < 4.78 is 40.3. The van der Waals surface area contributed by atoms with Gasteiger partial charge in [0.25, 0.3) is 10.0 Å². The largest absolute Gasteiger partial charge is 0.497 e. The van der Waals surface area contributed by atoms with E-state index in [0.29, 0.717) is 30.2 Å². The first kappa shape index (κ1) is 34.8. The number of benzene rings is 3. The molecular weight excluding hydrogens is 599 g/mol. The predicted molar refractivity (Wildman–Crippen MR) is 176 cm³/mol. The molecule has 0 saturated carbocycles. The number of hydrogen-bond donors (Lipinski definition) is 1. The van der Waals surface area contributed by atoms with E-state index in [1.807, 2.05) is 53.0 Å². The highest BCUT2D eigenvalue weighted by atomic mass is 32.2. The summed E-state index contributed by atoms with van der Waals surface area (Å²) in [5.41, 5.74) is 0.502. The van der Waals surface area contributed by atoms with Crippen LogP contribution in [-0.4, -0.2) is 63.2 Å². The molecule has 0 bridgehead atoms. The third kappa shape index (κ3) is 9.15. The fourth-order valence-corrected chi connectivity index (χ4v) is 6.44. The van der Waals surface area contributed by atoms with E-state index >= 15 is 0 Å². The number of hydrogen-bond acceptors (Lipinski definition) is 7. The zero-order chi connectivity index (χ0) is 32.5. The van der Waals surface area contributed by atoms with Crippen molar-refractivity contribution in [3.05, 3.63) is 78.4 Å². The Morgan fingerprint density at radius 1 is 0.955 bits per heavy atom. The van der Waals surface area contributed by atoms with Crippen LogP contribution in [0, 0.1) is 0 Å². The Kier molecular flexibility index (Phi) is 12.1. The molecule has 0 aliphatic carbocycles. The van der Waals surface area contributed by atoms with Gasteiger partial charge in [0.2, 0.25) is 11.8 Å². The Balaban J connectivity index is 2.09. The van der Waals surface area contributed by atoms with E-state index in [2.05, 4.69) is 5.32 Å². The molecule has 3 aromatic carbocycles. The number of rotatable bonds is 14. The Morgan fingerprint density at radius 3 is 2.16 bits per heavy atom. The fraction of sp³-hybridized carbons (Fsp3) is 0.394. The van der Waals surface area contributed by atoms with Gasteiger partial charge in [0.15, 0.2) is 0 Å². The van der Waals surface area contributed by atoms with Crippen molar-refractivity contribution in [1.29, 1.82) is 0 Å². The fourth-order valence-electron chi connectivity index (χ4n) is 4.62. The molecule has 238 valence electrons. The number of carbonyl (C=O) groups excluding carboxylic acids is 2. The van der Waals surface area contributed by atoms with Crippen LogP contribution in [0.5, 0.6) is 11.5 Å². The zero-order valence-corrected chi connectivity index (χ0v) is 28.1. The predicted octanol–water partition coefficient (Wildman–Crippen LogP) is 5.73. The second-order valence-corrected chi connectivity index (χ2v) is 13.9. The van der Waals surface area contributed by atoms with Crippen LogP contribution in [0.15, 0.2) is 82.6 Å². The maximum absolute atomic E-state index is 14.3. The van der Waals surface area contributed by atoms with Gasteiger partial charge in [-0.3, -0.25) is 13.9 Å². The quantitative estimate of drug-likeness (QED) is 0.224. The van der Waals surface area contributed by atoms with Crippen LogP contribution in [0.4, 0.5) is 5.69 Å². The van der Waals surface area contributed by atoms with Crippen LogP contribution in [-0.2, 0) is 26.2 Å². The molecule has 0 heterocycles. The second kappa shape index (κ2) is 15.3. The van der Waals surface area contributed by atoms with Crippen LogP contribution in [0.2, 0.25) is 0 Å². The van der Waals surface area contributed by atoms with Crippen molar-refractivity contribution >= 4 is 39.3 Å². The lowest BCUT2D eigenvalue weighted by atomic mass is 10.1. The van der Waals surface area contributed by atoms with Gasteiger partial charge in [0, 0.05) is 17.0 Å². The Morgan fingerprint density at radius 2 is 1.61 bits per heavy atom. The summed E-state index contributed by atoms with van der Waals surface area (Å²) in [6.07, 6.45) is 2.23. The standard InChI is InChI=1S/C33H43N3O6S2/c1-8-30(32(38)34-33(3,4)5)35(22-24-11-10-12-27(21-24)41-6)31(37)23-36(25-13-15-26(16-14-25)42-9-2)44(39,40)29-19-17-28(43-7)18-20-29/h10-21,30H,8-9,22-23H2,1-7H3,(H,34,38). The monoisotopic (exact) mass is 641 g/mol. The number of carbonyl (C=O) groups is 2. The Labute approximate surface area is 266 Å². The van der Waals surface area contributed by atoms with E-state index < -0.39 is 34.1 Å². The van der Waals surface area contributed by atoms with Crippen molar-refractivity contribution in [3.8, 4) is 11.5 Å². The molecular formula is C33H43N3O6S2. The molecule has 0 saturated heterocycles. The van der Waals surface area contributed by atoms with Gasteiger partial charge in [-0.1, -0.05) is 19.1 Å². The van der Waals surface area contributed by atoms with E-state index in [0.717, 1.165) is 14.8 Å². The van der Waals surface area contributed by atoms with Crippen LogP contribution >= 0.6 is 11.8 Å². The highest BCUT2D eigenvalue weighted by Crippen LogP contribution is 2.28. The van der Waals surface area contributed by atoms with Crippen LogP contribution in [0.25, 0.3) is 0 Å². The maximum Gasteiger partial charge on any atom is 0.264 e. The van der Waals surface area contributed by atoms with Crippen molar-refractivity contribution < 1.29 is 27.5 Å². The van der Waals surface area contributed by atoms with Gasteiger partial charge in [-0.25, -0.2) is 8.42 Å². The first-order valence-electron chi connectivity index (χ1n) is 14.5. The SMILES string of the molecule is CCOc1ccc(N(CC(=O)N(Cc2cccc(OC)c2)C(CC)C(=O)NC(C)(C)C)S(=O)(=O)c2ccc(SC)cc2)cc1. The Hall–Kier alpha value is -3.70. The number of nitrogens with one attached hydrogen (secondary N) is 1. The van der Waals surface area contributed by atoms with E-state index in [-0.39, 0.29) is 17.3 Å². The molecule has 1 atom stereocenters. The minimum absolute atomic E-state index is 0.0499. The molecule has 3 rings (SSSR count). The molecule has 2 amide bonds. The van der Waals surface area contributed by atoms with E-state index in [1.165, 1.54) is 28.8 Å². The minimum Gasteiger partial charge on any atom is -0.497 e. The van der Waals surface area contributed by atoms with Gasteiger partial charge in [-0.2, -0.15) is 0 Å². The number of amides is 2. The van der Waals surface area contributed by atoms with Crippen molar-refractivity contribution in [2.45, 2.75) is 69.0 Å². The molecule has 0 spiro atoms. The molecule has 0 aliphatic rings. The molecule has 0 radical (unpaired) electrons. The summed E-state index contributed by atoms with van der Waals surface area (Å²) in [5.74, 6) is 0.337. The average molecular weight is 642 g/mol. The highest BCUT2D eigenvalue weighted by molar-refractivity contribution is 7.98. The van der Waals surface area contributed by atoms with Gasteiger partial charge in [0.05, 0.1) is 24.3 Å². The summed E-state index contributed by atoms with van der Waals surface area (Å²) in [6, 6.07) is 19.5. The van der Waals surface area contributed by atoms with E-state index in [9.17, 15) is 18.0 Å². The summed E-state index contributed by atoms with van der Waals surface area (Å²) in [6.45, 7) is 9.30. The van der Waals surface area contributed by atoms with Crippen molar-refractivity contribution in [2.75, 3.05) is 30.8 Å². The van der Waals surface area contributed by atoms with Gasteiger partial charge >= 0.3 is 0 Å². The second-order valence-electron chi connectivity index (χ2n) is 11.2. The molecule has 1 N–H and O–H groups in total. The van der Waals surface area contributed by atoms with Crippen LogP contribution in [0.1, 0.15) is 46.6 Å². The molecule has 44 heavy (non-hydrogen) atoms. The highest BCUT2D eigenvalue weighted by Gasteiger charge is 2.34. The number of ether oxygens (including phenoxy) is 2. The van der Waals surface area contributed by atoms with Crippen LogP contribution in [0.3, 0.4) is 0 Å². The number of methoxy groups -OCH3 is 1. The zero-order valence-electron chi connectivity index (χ0n) is 26.5. The molecule has 9 nitrogen and oxygen atoms in total. The molecule has 0 aromatic heterocycles. The minimum atomic E-state index is -4.18. The number of anilines is 1. The summed E-state index contributed by atoms with van der Waals surface area (Å²) in [5, 5.41) is 2.98. The lowest BCUT2D eigenvalue weighted by molar-refractivity contribution is -0.141. The lowest BCUT2D eigenvalue weighted by Gasteiger charge is -2.34. The average Bonchev–Trinajstić information content (AvgIpc) is 2.99. The molecule has 0 fully saturated rings. The van der Waals surface area contributed by atoms with E-state index in [4.69, 9.17) is 9.47 Å². The smallest absolute Gasteiger partial charge is 0.264 e. The topological polar surface area (TPSA) is 105 Å². The lowest BCUT2D eigenvalue weighted by Crippen LogP contribution is -2.55. The third-order valence-corrected chi connectivity index (χ3v) is 9.26. The molecule has 11 heteroatoms. The summed E-state index contributed by atoms with van der Waals surface area (Å²) in [4.78, 5) is 30.2. The summed E-state index contributed by atoms with van der Waals surface area (Å²) >= 11 is 1.50. The van der Waals surface area contributed by atoms with Gasteiger partial charge in [0.1, 0.15) is 24.1 Å². The van der Waals surface area contributed by atoms with E-state index in [1.54, 1.807) is 55.6 Å². The van der Waals surface area contributed by atoms with Gasteiger partial charge in [-0.15, -0.1) is 11.8 Å². The maximum atomic E-state index is 14.3. The third-order valence-electron chi connectivity index (χ3n) is 6.73. The van der Waals surface area contributed by atoms with Gasteiger partial charge < -0.3 is 19.7 Å². The molecule has 3 aromatic rings. The van der Waals surface area contributed by atoms with Crippen molar-refractivity contribution in [2.24, 2.45) is 0 Å². The normalized spacial score (nSPS) is 12.2. The van der Waals surface area contributed by atoms with Crippen molar-refractivity contribution in [3.63, 3.8) is 0 Å². The van der Waals surface area contributed by atoms with Crippen molar-refractivity contribution in [1.82, 2.24) is 10.2 Å². The van der Waals surface area contributed by atoms with Crippen LogP contribution < -0.4 is 19.1 Å².